The zero-order valence-electron chi connectivity index (χ0n) is 10.7. The number of aromatic amines is 1. The molecule has 1 aromatic heterocycles. The number of carboxylic acid groups (broad SMARTS) is 1. The number of carbonyl (C=O) groups is 1. The Morgan fingerprint density at radius 2 is 2.05 bits per heavy atom. The van der Waals surface area contributed by atoms with E-state index >= 15 is 0 Å². The lowest BCUT2D eigenvalue weighted by atomic mass is 10.1. The largest absolute Gasteiger partial charge is 0.495 e. The van der Waals surface area contributed by atoms with Crippen LogP contribution in [0, 0.1) is 0 Å². The van der Waals surface area contributed by atoms with E-state index in [4.69, 9.17) is 9.84 Å². The molecular formula is C12H12N2O5S. The van der Waals surface area contributed by atoms with Crippen molar-refractivity contribution >= 4 is 15.8 Å². The standard InChI is InChI=1S/C12H12N2O5S/c1-19-10-5-7(3-4-11(10)20(2,17)18)8-6-9(12(15)16)14-13-8/h3-6H,1-2H3,(H,13,14)(H,15,16). The van der Waals surface area contributed by atoms with Crippen molar-refractivity contribution in [3.05, 3.63) is 30.0 Å². The second-order valence-electron chi connectivity index (χ2n) is 4.11. The summed E-state index contributed by atoms with van der Waals surface area (Å²) in [6, 6.07) is 5.80. The molecule has 0 saturated heterocycles. The maximum absolute atomic E-state index is 11.6. The Balaban J connectivity index is 2.51. The predicted octanol–water partition coefficient (Wildman–Crippen LogP) is 1.19. The van der Waals surface area contributed by atoms with Gasteiger partial charge in [-0.1, -0.05) is 6.07 Å². The van der Waals surface area contributed by atoms with Gasteiger partial charge < -0.3 is 9.84 Å². The van der Waals surface area contributed by atoms with Crippen LogP contribution < -0.4 is 4.74 Å². The van der Waals surface area contributed by atoms with Gasteiger partial charge in [0.15, 0.2) is 9.84 Å². The summed E-state index contributed by atoms with van der Waals surface area (Å²) in [5.41, 5.74) is 0.893. The first-order valence-electron chi connectivity index (χ1n) is 5.50. The maximum atomic E-state index is 11.6. The highest BCUT2D eigenvalue weighted by Crippen LogP contribution is 2.29. The molecule has 106 valence electrons. The zero-order chi connectivity index (χ0) is 14.9. The fourth-order valence-corrected chi connectivity index (χ4v) is 2.54. The summed E-state index contributed by atoms with van der Waals surface area (Å²) in [6.45, 7) is 0. The molecule has 0 atom stereocenters. The summed E-state index contributed by atoms with van der Waals surface area (Å²) in [5, 5.41) is 15.1. The van der Waals surface area contributed by atoms with Crippen LogP contribution in [0.4, 0.5) is 0 Å². The van der Waals surface area contributed by atoms with Gasteiger partial charge in [-0.3, -0.25) is 5.10 Å². The minimum Gasteiger partial charge on any atom is -0.495 e. The van der Waals surface area contributed by atoms with Crippen LogP contribution in [-0.2, 0) is 9.84 Å². The number of hydrogen-bond acceptors (Lipinski definition) is 5. The van der Waals surface area contributed by atoms with E-state index in [9.17, 15) is 13.2 Å². The van der Waals surface area contributed by atoms with E-state index < -0.39 is 15.8 Å². The highest BCUT2D eigenvalue weighted by molar-refractivity contribution is 7.90. The predicted molar refractivity (Wildman–Crippen MR) is 70.6 cm³/mol. The van der Waals surface area contributed by atoms with Gasteiger partial charge in [0.1, 0.15) is 16.3 Å². The quantitative estimate of drug-likeness (QED) is 0.877. The molecule has 0 fully saturated rings. The van der Waals surface area contributed by atoms with Gasteiger partial charge in [-0.2, -0.15) is 5.10 Å². The van der Waals surface area contributed by atoms with E-state index in [1.54, 1.807) is 6.07 Å². The van der Waals surface area contributed by atoms with Crippen LogP contribution in [0.3, 0.4) is 0 Å². The van der Waals surface area contributed by atoms with E-state index in [-0.39, 0.29) is 16.3 Å². The van der Waals surface area contributed by atoms with Crippen molar-refractivity contribution < 1.29 is 23.1 Å². The third-order valence-electron chi connectivity index (χ3n) is 2.67. The van der Waals surface area contributed by atoms with E-state index in [1.165, 1.54) is 25.3 Å². The van der Waals surface area contributed by atoms with E-state index in [2.05, 4.69) is 10.2 Å². The second-order valence-corrected chi connectivity index (χ2v) is 6.09. The number of nitrogens with zero attached hydrogens (tertiary/aromatic N) is 1. The summed E-state index contributed by atoms with van der Waals surface area (Å²) in [5.74, 6) is -0.937. The van der Waals surface area contributed by atoms with Gasteiger partial charge in [-0.25, -0.2) is 13.2 Å². The molecule has 0 aliphatic rings. The molecule has 0 radical (unpaired) electrons. The van der Waals surface area contributed by atoms with E-state index in [0.29, 0.717) is 11.3 Å². The van der Waals surface area contributed by atoms with Gasteiger partial charge in [-0.15, -0.1) is 0 Å². The van der Waals surface area contributed by atoms with Crippen molar-refractivity contribution in [1.82, 2.24) is 10.2 Å². The number of methoxy groups -OCH3 is 1. The SMILES string of the molecule is COc1cc(-c2cc(C(=O)O)[nH]n2)ccc1S(C)(=O)=O. The lowest BCUT2D eigenvalue weighted by molar-refractivity contribution is 0.0690. The number of nitrogens with one attached hydrogen (secondary N) is 1. The van der Waals surface area contributed by atoms with E-state index in [1.807, 2.05) is 0 Å². The third kappa shape index (κ3) is 2.64. The number of rotatable bonds is 4. The average Bonchev–Trinajstić information content (AvgIpc) is 2.86. The summed E-state index contributed by atoms with van der Waals surface area (Å²) in [6.07, 6.45) is 1.08. The van der Waals surface area contributed by atoms with Crippen molar-refractivity contribution in [2.75, 3.05) is 13.4 Å². The smallest absolute Gasteiger partial charge is 0.353 e. The molecule has 0 spiro atoms. The van der Waals surface area contributed by atoms with Crippen LogP contribution in [0.2, 0.25) is 0 Å². The lowest BCUT2D eigenvalue weighted by Crippen LogP contribution is -2.00. The molecule has 0 bridgehead atoms. The monoisotopic (exact) mass is 296 g/mol. The van der Waals surface area contributed by atoms with Gasteiger partial charge in [0, 0.05) is 11.8 Å². The van der Waals surface area contributed by atoms with Gasteiger partial charge in [0.2, 0.25) is 0 Å². The van der Waals surface area contributed by atoms with Crippen LogP contribution in [-0.4, -0.2) is 43.1 Å². The molecule has 8 heteroatoms. The number of ether oxygens (including phenoxy) is 1. The van der Waals surface area contributed by atoms with Gasteiger partial charge in [0.05, 0.1) is 12.8 Å². The molecule has 1 heterocycles. The molecular weight excluding hydrogens is 284 g/mol. The average molecular weight is 296 g/mol. The summed E-state index contributed by atoms with van der Waals surface area (Å²) in [7, 11) is -2.04. The Hall–Kier alpha value is -2.35. The van der Waals surface area contributed by atoms with Gasteiger partial charge in [-0.05, 0) is 18.2 Å². The first kappa shape index (κ1) is 14.1. The van der Waals surface area contributed by atoms with Crippen LogP contribution in [0.25, 0.3) is 11.3 Å². The van der Waals surface area contributed by atoms with Crippen molar-refractivity contribution in [2.24, 2.45) is 0 Å². The van der Waals surface area contributed by atoms with Crippen LogP contribution >= 0.6 is 0 Å². The number of carboxylic acids is 1. The van der Waals surface area contributed by atoms with Crippen molar-refractivity contribution in [3.8, 4) is 17.0 Å². The molecule has 20 heavy (non-hydrogen) atoms. The normalized spacial score (nSPS) is 11.3. The topological polar surface area (TPSA) is 109 Å². The van der Waals surface area contributed by atoms with Crippen LogP contribution in [0.5, 0.6) is 5.75 Å². The fourth-order valence-electron chi connectivity index (χ4n) is 1.71. The first-order valence-corrected chi connectivity index (χ1v) is 7.39. The van der Waals surface area contributed by atoms with Crippen molar-refractivity contribution in [2.45, 2.75) is 4.90 Å². The second kappa shape index (κ2) is 4.97. The molecule has 2 aromatic rings. The third-order valence-corrected chi connectivity index (χ3v) is 3.80. The number of sulfone groups is 1. The molecule has 7 nitrogen and oxygen atoms in total. The van der Waals surface area contributed by atoms with Crippen molar-refractivity contribution in [3.63, 3.8) is 0 Å². The Kier molecular flexibility index (Phi) is 3.49. The number of aromatic nitrogens is 2. The van der Waals surface area contributed by atoms with Gasteiger partial charge in [0.25, 0.3) is 0 Å². The number of aromatic carboxylic acids is 1. The Morgan fingerprint density at radius 1 is 1.35 bits per heavy atom. The summed E-state index contributed by atoms with van der Waals surface area (Å²) in [4.78, 5) is 10.8. The molecule has 1 aromatic carbocycles. The Morgan fingerprint density at radius 3 is 2.55 bits per heavy atom. The molecule has 2 rings (SSSR count). The number of benzene rings is 1. The number of H-pyrrole nitrogens is 1. The summed E-state index contributed by atoms with van der Waals surface area (Å²) < 4.78 is 28.2. The van der Waals surface area contributed by atoms with Crippen molar-refractivity contribution in [1.29, 1.82) is 0 Å². The molecule has 0 amide bonds. The van der Waals surface area contributed by atoms with E-state index in [0.717, 1.165) is 6.26 Å². The fraction of sp³-hybridized carbons (Fsp3) is 0.167. The summed E-state index contributed by atoms with van der Waals surface area (Å²) >= 11 is 0. The highest BCUT2D eigenvalue weighted by Gasteiger charge is 2.16. The zero-order valence-corrected chi connectivity index (χ0v) is 11.6. The first-order chi connectivity index (χ1) is 9.32. The highest BCUT2D eigenvalue weighted by atomic mass is 32.2. The van der Waals surface area contributed by atoms with Gasteiger partial charge >= 0.3 is 5.97 Å². The number of hydrogen-bond donors (Lipinski definition) is 2. The Labute approximate surface area is 115 Å². The molecule has 0 aliphatic heterocycles. The van der Waals surface area contributed by atoms with Crippen LogP contribution in [0.15, 0.2) is 29.2 Å². The Bertz CT molecular complexity index is 764. The van der Waals surface area contributed by atoms with Crippen LogP contribution in [0.1, 0.15) is 10.5 Å². The molecule has 0 aliphatic carbocycles. The molecule has 2 N–H and O–H groups in total. The molecule has 0 unspecified atom stereocenters. The minimum absolute atomic E-state index is 0.0499. The molecule has 0 saturated carbocycles. The minimum atomic E-state index is -3.40. The lowest BCUT2D eigenvalue weighted by Gasteiger charge is -2.08. The maximum Gasteiger partial charge on any atom is 0.353 e.